The van der Waals surface area contributed by atoms with Crippen molar-refractivity contribution in [1.82, 2.24) is 4.98 Å². The average Bonchev–Trinajstić information content (AvgIpc) is 2.47. The summed E-state index contributed by atoms with van der Waals surface area (Å²) in [5.41, 5.74) is 1.27. The monoisotopic (exact) mass is 287 g/mol. The first-order valence-electron chi connectivity index (χ1n) is 6.07. The number of ether oxygens (including phenoxy) is 1. The number of anilines is 1. The quantitative estimate of drug-likeness (QED) is 0.688. The molecule has 0 saturated heterocycles. The fourth-order valence-electron chi connectivity index (χ4n) is 1.72. The molecule has 0 unspecified atom stereocenters. The van der Waals surface area contributed by atoms with Crippen molar-refractivity contribution < 1.29 is 14.5 Å². The number of nitro benzene ring substituents is 1. The van der Waals surface area contributed by atoms with Crippen molar-refractivity contribution in [2.45, 2.75) is 6.92 Å². The molecule has 0 fully saturated rings. The number of carbonyl (C=O) groups is 1. The maximum absolute atomic E-state index is 12.0. The molecule has 7 heteroatoms. The first-order valence-corrected chi connectivity index (χ1v) is 6.07. The summed E-state index contributed by atoms with van der Waals surface area (Å²) in [7, 11) is 1.35. The Labute approximate surface area is 120 Å². The molecule has 0 radical (unpaired) electrons. The second kappa shape index (κ2) is 6.00. The van der Waals surface area contributed by atoms with Gasteiger partial charge in [-0.1, -0.05) is 0 Å². The van der Waals surface area contributed by atoms with Crippen LogP contribution in [0.2, 0.25) is 0 Å². The van der Waals surface area contributed by atoms with E-state index in [0.29, 0.717) is 11.3 Å². The van der Waals surface area contributed by atoms with E-state index in [1.54, 1.807) is 12.1 Å². The van der Waals surface area contributed by atoms with Gasteiger partial charge in [-0.25, -0.2) is 0 Å². The highest BCUT2D eigenvalue weighted by molar-refractivity contribution is 6.04. The number of hydrogen-bond acceptors (Lipinski definition) is 5. The summed E-state index contributed by atoms with van der Waals surface area (Å²) in [4.78, 5) is 26.4. The molecule has 0 bridgehead atoms. The van der Waals surface area contributed by atoms with Gasteiger partial charge in [-0.05, 0) is 31.2 Å². The summed E-state index contributed by atoms with van der Waals surface area (Å²) in [5, 5.41) is 13.5. The first kappa shape index (κ1) is 14.4. The van der Waals surface area contributed by atoms with Crippen LogP contribution >= 0.6 is 0 Å². The van der Waals surface area contributed by atoms with Gasteiger partial charge >= 0.3 is 5.69 Å². The Morgan fingerprint density at radius 2 is 2.10 bits per heavy atom. The number of benzene rings is 1. The minimum Gasteiger partial charge on any atom is -0.490 e. The van der Waals surface area contributed by atoms with Gasteiger partial charge in [0.2, 0.25) is 0 Å². The number of amides is 1. The van der Waals surface area contributed by atoms with Gasteiger partial charge in [-0.3, -0.25) is 19.9 Å². The summed E-state index contributed by atoms with van der Waals surface area (Å²) in [5.74, 6) is -0.253. The van der Waals surface area contributed by atoms with Crippen molar-refractivity contribution in [3.05, 3.63) is 57.9 Å². The average molecular weight is 287 g/mol. The Bertz CT molecular complexity index is 683. The molecule has 0 saturated carbocycles. The predicted octanol–water partition coefficient (Wildman–Crippen LogP) is 2.56. The maximum Gasteiger partial charge on any atom is 0.312 e. The van der Waals surface area contributed by atoms with Gasteiger partial charge in [0, 0.05) is 23.6 Å². The molecule has 2 rings (SSSR count). The van der Waals surface area contributed by atoms with Crippen LogP contribution in [-0.2, 0) is 0 Å². The number of nitrogens with zero attached hydrogens (tertiary/aromatic N) is 2. The third kappa shape index (κ3) is 3.33. The summed E-state index contributed by atoms with van der Waals surface area (Å²) < 4.78 is 4.90. The second-order valence-electron chi connectivity index (χ2n) is 4.29. The molecule has 2 aromatic rings. The fraction of sp³-hybridized carbons (Fsp3) is 0.143. The predicted molar refractivity (Wildman–Crippen MR) is 76.6 cm³/mol. The number of pyridine rings is 1. The number of hydrogen-bond donors (Lipinski definition) is 1. The van der Waals surface area contributed by atoms with Crippen molar-refractivity contribution in [1.29, 1.82) is 0 Å². The van der Waals surface area contributed by atoms with Gasteiger partial charge in [0.05, 0.1) is 17.6 Å². The molecule has 1 aromatic heterocycles. The van der Waals surface area contributed by atoms with Crippen LogP contribution in [0.25, 0.3) is 0 Å². The van der Waals surface area contributed by atoms with Crippen LogP contribution < -0.4 is 10.1 Å². The molecule has 1 amide bonds. The highest BCUT2D eigenvalue weighted by atomic mass is 16.6. The molecule has 0 aliphatic rings. The van der Waals surface area contributed by atoms with Gasteiger partial charge in [0.1, 0.15) is 0 Å². The van der Waals surface area contributed by atoms with Gasteiger partial charge in [0.15, 0.2) is 5.75 Å². The molecule has 1 N–H and O–H groups in total. The highest BCUT2D eigenvalue weighted by Gasteiger charge is 2.16. The molecule has 1 heterocycles. The number of aromatic nitrogens is 1. The van der Waals surface area contributed by atoms with Crippen LogP contribution in [0.3, 0.4) is 0 Å². The van der Waals surface area contributed by atoms with Crippen LogP contribution in [0.5, 0.6) is 5.75 Å². The molecule has 1 aromatic carbocycles. The molecule has 0 aliphatic heterocycles. The summed E-state index contributed by atoms with van der Waals surface area (Å²) in [6, 6.07) is 7.56. The van der Waals surface area contributed by atoms with Crippen LogP contribution in [0.1, 0.15) is 16.1 Å². The lowest BCUT2D eigenvalue weighted by Crippen LogP contribution is -2.12. The van der Waals surface area contributed by atoms with Crippen molar-refractivity contribution in [2.75, 3.05) is 12.4 Å². The number of methoxy groups -OCH3 is 1. The zero-order valence-electron chi connectivity index (χ0n) is 11.5. The molecule has 7 nitrogen and oxygen atoms in total. The first-order chi connectivity index (χ1) is 10.0. The summed E-state index contributed by atoms with van der Waals surface area (Å²) in [6.45, 7) is 1.81. The van der Waals surface area contributed by atoms with Crippen molar-refractivity contribution in [2.24, 2.45) is 0 Å². The SMILES string of the molecule is COc1ccc(NC(=O)c2ccc(C)nc2)cc1[N+](=O)[O-]. The largest absolute Gasteiger partial charge is 0.490 e. The van der Waals surface area contributed by atoms with E-state index >= 15 is 0 Å². The van der Waals surface area contributed by atoms with E-state index in [-0.39, 0.29) is 17.3 Å². The third-order valence-electron chi connectivity index (χ3n) is 2.81. The van der Waals surface area contributed by atoms with Crippen molar-refractivity contribution in [3.8, 4) is 5.75 Å². The Kier molecular flexibility index (Phi) is 4.13. The van der Waals surface area contributed by atoms with Crippen LogP contribution in [0.15, 0.2) is 36.5 Å². The van der Waals surface area contributed by atoms with Gasteiger partial charge < -0.3 is 10.1 Å². The van der Waals surface area contributed by atoms with Gasteiger partial charge in [-0.2, -0.15) is 0 Å². The minimum absolute atomic E-state index is 0.134. The molecule has 0 aliphatic carbocycles. The number of nitrogens with one attached hydrogen (secondary N) is 1. The van der Waals surface area contributed by atoms with Crippen molar-refractivity contribution in [3.63, 3.8) is 0 Å². The lowest BCUT2D eigenvalue weighted by molar-refractivity contribution is -0.385. The molecule has 0 atom stereocenters. The van der Waals surface area contributed by atoms with E-state index in [0.717, 1.165) is 5.69 Å². The van der Waals surface area contributed by atoms with E-state index in [1.165, 1.54) is 31.5 Å². The Hall–Kier alpha value is -2.96. The number of nitro groups is 1. The highest BCUT2D eigenvalue weighted by Crippen LogP contribution is 2.29. The minimum atomic E-state index is -0.568. The maximum atomic E-state index is 12.0. The number of rotatable bonds is 4. The molecular weight excluding hydrogens is 274 g/mol. The zero-order chi connectivity index (χ0) is 15.4. The van der Waals surface area contributed by atoms with Gasteiger partial charge in [0.25, 0.3) is 5.91 Å². The summed E-state index contributed by atoms with van der Waals surface area (Å²) >= 11 is 0. The van der Waals surface area contributed by atoms with E-state index in [1.807, 2.05) is 6.92 Å². The third-order valence-corrected chi connectivity index (χ3v) is 2.81. The van der Waals surface area contributed by atoms with E-state index in [9.17, 15) is 14.9 Å². The number of aryl methyl sites for hydroxylation is 1. The Morgan fingerprint density at radius 1 is 1.33 bits per heavy atom. The van der Waals surface area contributed by atoms with E-state index in [2.05, 4.69) is 10.3 Å². The standard InChI is InChI=1S/C14H13N3O4/c1-9-3-4-10(8-15-9)14(18)16-11-5-6-13(21-2)12(7-11)17(19)20/h3-8H,1-2H3,(H,16,18). The molecule has 0 spiro atoms. The fourth-order valence-corrected chi connectivity index (χ4v) is 1.72. The smallest absolute Gasteiger partial charge is 0.312 e. The Balaban J connectivity index is 2.23. The second-order valence-corrected chi connectivity index (χ2v) is 4.29. The molecule has 21 heavy (non-hydrogen) atoms. The van der Waals surface area contributed by atoms with Crippen LogP contribution in [0, 0.1) is 17.0 Å². The van der Waals surface area contributed by atoms with Gasteiger partial charge in [-0.15, -0.1) is 0 Å². The van der Waals surface area contributed by atoms with Crippen LogP contribution in [-0.4, -0.2) is 22.9 Å². The molecule has 108 valence electrons. The van der Waals surface area contributed by atoms with E-state index in [4.69, 9.17) is 4.74 Å². The number of carbonyl (C=O) groups excluding carboxylic acids is 1. The van der Waals surface area contributed by atoms with Crippen LogP contribution in [0.4, 0.5) is 11.4 Å². The lowest BCUT2D eigenvalue weighted by Gasteiger charge is -2.07. The molecular formula is C14H13N3O4. The lowest BCUT2D eigenvalue weighted by atomic mass is 10.2. The Morgan fingerprint density at radius 3 is 2.67 bits per heavy atom. The summed E-state index contributed by atoms with van der Waals surface area (Å²) in [6.07, 6.45) is 1.45. The van der Waals surface area contributed by atoms with E-state index < -0.39 is 4.92 Å². The normalized spacial score (nSPS) is 10.0. The van der Waals surface area contributed by atoms with Crippen molar-refractivity contribution >= 4 is 17.3 Å². The zero-order valence-corrected chi connectivity index (χ0v) is 11.5. The topological polar surface area (TPSA) is 94.4 Å².